The Labute approximate surface area is 110 Å². The Morgan fingerprint density at radius 1 is 1.32 bits per heavy atom. The molecular formula is C14H16FNO3. The van der Waals surface area contributed by atoms with Gasteiger partial charge in [-0.1, -0.05) is 12.1 Å². The summed E-state index contributed by atoms with van der Waals surface area (Å²) in [6.45, 7) is 0. The molecule has 0 heterocycles. The number of hydrogen-bond donors (Lipinski definition) is 1. The minimum absolute atomic E-state index is 0.0901. The Hall–Kier alpha value is -1.91. The van der Waals surface area contributed by atoms with Gasteiger partial charge in [0.2, 0.25) is 0 Å². The molecule has 1 atom stereocenters. The number of ether oxygens (including phenoxy) is 1. The van der Waals surface area contributed by atoms with Crippen molar-refractivity contribution in [1.82, 2.24) is 0 Å². The molecule has 0 radical (unpaired) electrons. The van der Waals surface area contributed by atoms with Crippen LogP contribution in [0.4, 0.5) is 4.39 Å². The van der Waals surface area contributed by atoms with E-state index in [4.69, 9.17) is 10.5 Å². The van der Waals surface area contributed by atoms with Gasteiger partial charge >= 0.3 is 5.97 Å². The van der Waals surface area contributed by atoms with Crippen LogP contribution in [-0.2, 0) is 20.7 Å². The topological polar surface area (TPSA) is 69.4 Å². The van der Waals surface area contributed by atoms with E-state index in [-0.39, 0.29) is 18.2 Å². The van der Waals surface area contributed by atoms with E-state index >= 15 is 0 Å². The molecule has 1 aromatic carbocycles. The molecule has 0 aliphatic heterocycles. The lowest BCUT2D eigenvalue weighted by molar-refractivity contribution is -0.156. The van der Waals surface area contributed by atoms with Gasteiger partial charge in [-0.05, 0) is 37.0 Å². The van der Waals surface area contributed by atoms with Gasteiger partial charge in [-0.2, -0.15) is 0 Å². The molecule has 102 valence electrons. The van der Waals surface area contributed by atoms with Gasteiger partial charge in [-0.15, -0.1) is 0 Å². The van der Waals surface area contributed by atoms with Gasteiger partial charge in [0.25, 0.3) is 5.91 Å². The van der Waals surface area contributed by atoms with E-state index in [1.807, 2.05) is 0 Å². The molecule has 5 heteroatoms. The number of carbonyl (C=O) groups is 2. The Balaban J connectivity index is 1.80. The number of amides is 1. The van der Waals surface area contributed by atoms with E-state index in [0.717, 1.165) is 18.4 Å². The van der Waals surface area contributed by atoms with Gasteiger partial charge in [-0.3, -0.25) is 9.59 Å². The van der Waals surface area contributed by atoms with Crippen molar-refractivity contribution in [2.24, 2.45) is 11.7 Å². The Bertz CT molecular complexity index is 468. The molecule has 1 amide bonds. The molecule has 1 unspecified atom stereocenters. The van der Waals surface area contributed by atoms with Gasteiger partial charge in [0.05, 0.1) is 0 Å². The molecule has 4 nitrogen and oxygen atoms in total. The number of primary amides is 1. The molecule has 1 fully saturated rings. The highest BCUT2D eigenvalue weighted by Crippen LogP contribution is 2.34. The summed E-state index contributed by atoms with van der Waals surface area (Å²) in [5.41, 5.74) is 6.04. The van der Waals surface area contributed by atoms with E-state index in [0.29, 0.717) is 6.42 Å². The van der Waals surface area contributed by atoms with Gasteiger partial charge in [0.1, 0.15) is 5.82 Å². The maximum Gasteiger partial charge on any atom is 0.306 e. The third kappa shape index (κ3) is 4.05. The summed E-state index contributed by atoms with van der Waals surface area (Å²) < 4.78 is 17.8. The fourth-order valence-corrected chi connectivity index (χ4v) is 1.88. The van der Waals surface area contributed by atoms with Crippen molar-refractivity contribution in [3.05, 3.63) is 35.6 Å². The van der Waals surface area contributed by atoms with Crippen LogP contribution in [0.1, 0.15) is 24.8 Å². The second-order valence-corrected chi connectivity index (χ2v) is 4.78. The summed E-state index contributed by atoms with van der Waals surface area (Å²) in [6.07, 6.45) is 1.57. The first-order valence-electron chi connectivity index (χ1n) is 6.29. The predicted molar refractivity (Wildman–Crippen MR) is 66.5 cm³/mol. The molecular weight excluding hydrogens is 249 g/mol. The minimum atomic E-state index is -0.791. The summed E-state index contributed by atoms with van der Waals surface area (Å²) >= 11 is 0. The molecule has 0 saturated heterocycles. The summed E-state index contributed by atoms with van der Waals surface area (Å²) in [6, 6.07) is 5.93. The van der Waals surface area contributed by atoms with Crippen LogP contribution in [0.5, 0.6) is 0 Å². The maximum atomic E-state index is 12.7. The lowest BCUT2D eigenvalue weighted by Crippen LogP contribution is -2.35. The summed E-state index contributed by atoms with van der Waals surface area (Å²) in [5, 5.41) is 0. The average molecular weight is 265 g/mol. The first-order valence-corrected chi connectivity index (χ1v) is 6.29. The second kappa shape index (κ2) is 5.82. The molecule has 19 heavy (non-hydrogen) atoms. The van der Waals surface area contributed by atoms with E-state index in [1.165, 1.54) is 12.1 Å². The van der Waals surface area contributed by atoms with Crippen LogP contribution in [0.15, 0.2) is 24.3 Å². The number of esters is 1. The third-order valence-electron chi connectivity index (χ3n) is 3.12. The first-order chi connectivity index (χ1) is 9.06. The largest absolute Gasteiger partial charge is 0.452 e. The number of benzene rings is 1. The highest BCUT2D eigenvalue weighted by molar-refractivity contribution is 5.83. The number of nitrogens with two attached hydrogens (primary N) is 1. The van der Waals surface area contributed by atoms with Crippen LogP contribution in [0.25, 0.3) is 0 Å². The molecule has 1 aliphatic rings. The van der Waals surface area contributed by atoms with Gasteiger partial charge < -0.3 is 10.5 Å². The van der Waals surface area contributed by atoms with Gasteiger partial charge in [-0.25, -0.2) is 4.39 Å². The number of aryl methyl sites for hydroxylation is 1. The van der Waals surface area contributed by atoms with E-state index in [1.54, 1.807) is 12.1 Å². The molecule has 1 saturated carbocycles. The molecule has 2 N–H and O–H groups in total. The lowest BCUT2D eigenvalue weighted by atomic mass is 10.1. The van der Waals surface area contributed by atoms with E-state index in [9.17, 15) is 14.0 Å². The van der Waals surface area contributed by atoms with Crippen molar-refractivity contribution in [2.75, 3.05) is 0 Å². The van der Waals surface area contributed by atoms with Crippen LogP contribution in [-0.4, -0.2) is 18.0 Å². The van der Waals surface area contributed by atoms with Crippen LogP contribution in [0, 0.1) is 11.7 Å². The highest BCUT2D eigenvalue weighted by Gasteiger charge is 2.37. The lowest BCUT2D eigenvalue weighted by Gasteiger charge is -2.13. The predicted octanol–water partition coefficient (Wildman–Crippen LogP) is 1.57. The number of carbonyl (C=O) groups excluding carboxylic acids is 2. The zero-order valence-electron chi connectivity index (χ0n) is 10.5. The molecule has 1 aromatic rings. The zero-order chi connectivity index (χ0) is 13.8. The Morgan fingerprint density at radius 2 is 1.95 bits per heavy atom. The average Bonchev–Trinajstić information content (AvgIpc) is 3.19. The normalized spacial score (nSPS) is 15.8. The molecule has 2 rings (SSSR count). The van der Waals surface area contributed by atoms with E-state index < -0.39 is 18.0 Å². The maximum absolute atomic E-state index is 12.7. The van der Waals surface area contributed by atoms with Crippen molar-refractivity contribution in [3.8, 4) is 0 Å². The van der Waals surface area contributed by atoms with Gasteiger partial charge in [0.15, 0.2) is 6.10 Å². The van der Waals surface area contributed by atoms with Crippen molar-refractivity contribution < 1.29 is 18.7 Å². The third-order valence-corrected chi connectivity index (χ3v) is 3.12. The molecule has 0 spiro atoms. The van der Waals surface area contributed by atoms with Crippen molar-refractivity contribution in [3.63, 3.8) is 0 Å². The van der Waals surface area contributed by atoms with Gasteiger partial charge in [0, 0.05) is 12.3 Å². The fourth-order valence-electron chi connectivity index (χ4n) is 1.88. The summed E-state index contributed by atoms with van der Waals surface area (Å²) in [5.74, 6) is -1.25. The zero-order valence-corrected chi connectivity index (χ0v) is 10.5. The molecule has 0 aromatic heterocycles. The van der Waals surface area contributed by atoms with Crippen LogP contribution in [0.2, 0.25) is 0 Å². The Morgan fingerprint density at radius 3 is 2.47 bits per heavy atom. The summed E-state index contributed by atoms with van der Waals surface area (Å²) in [4.78, 5) is 22.8. The van der Waals surface area contributed by atoms with Crippen LogP contribution < -0.4 is 5.73 Å². The second-order valence-electron chi connectivity index (χ2n) is 4.78. The van der Waals surface area contributed by atoms with Crippen LogP contribution in [0.3, 0.4) is 0 Å². The van der Waals surface area contributed by atoms with Crippen LogP contribution >= 0.6 is 0 Å². The number of halogens is 1. The van der Waals surface area contributed by atoms with E-state index in [2.05, 4.69) is 0 Å². The highest BCUT2D eigenvalue weighted by atomic mass is 19.1. The quantitative estimate of drug-likeness (QED) is 0.794. The fraction of sp³-hybridized carbons (Fsp3) is 0.429. The summed E-state index contributed by atoms with van der Waals surface area (Å²) in [7, 11) is 0. The van der Waals surface area contributed by atoms with Crippen molar-refractivity contribution >= 4 is 11.9 Å². The molecule has 1 aliphatic carbocycles. The smallest absolute Gasteiger partial charge is 0.306 e. The molecule has 0 bridgehead atoms. The number of rotatable bonds is 6. The Kier molecular flexibility index (Phi) is 4.14. The number of hydrogen-bond acceptors (Lipinski definition) is 3. The first kappa shape index (κ1) is 13.5. The monoisotopic (exact) mass is 265 g/mol. The minimum Gasteiger partial charge on any atom is -0.452 e. The standard InChI is InChI=1S/C14H16FNO3/c15-11-6-1-9(2-7-11)3-8-12(17)19-13(14(16)18)10-4-5-10/h1-2,6-7,10,13H,3-5,8H2,(H2,16,18). The SMILES string of the molecule is NC(=O)C(OC(=O)CCc1ccc(F)cc1)C1CC1. The van der Waals surface area contributed by atoms with Crippen molar-refractivity contribution in [1.29, 1.82) is 0 Å². The van der Waals surface area contributed by atoms with Crippen molar-refractivity contribution in [2.45, 2.75) is 31.8 Å².